The average molecular weight is 561 g/mol. The molecule has 172 valence electrons. The van der Waals surface area contributed by atoms with E-state index in [-0.39, 0.29) is 24.0 Å². The Balaban J connectivity index is 0.00000480. The van der Waals surface area contributed by atoms with Gasteiger partial charge in [0.2, 0.25) is 0 Å². The topological polar surface area (TPSA) is 89.0 Å². The fourth-order valence-electron chi connectivity index (χ4n) is 3.13. The van der Waals surface area contributed by atoms with Crippen LogP contribution < -0.4 is 20.1 Å². The fourth-order valence-corrected chi connectivity index (χ4v) is 4.09. The summed E-state index contributed by atoms with van der Waals surface area (Å²) in [7, 11) is 0.0778. The SMILES string of the molecule is CCNC(=NCc1ccc(S(C)(=O)=O)c(C)c1)NCCc1cc(OC)ccc1OC.I. The molecule has 0 aliphatic heterocycles. The highest BCUT2D eigenvalue weighted by Gasteiger charge is 2.11. The lowest BCUT2D eigenvalue weighted by Crippen LogP contribution is -2.38. The number of methoxy groups -OCH3 is 2. The smallest absolute Gasteiger partial charge is 0.191 e. The molecule has 2 aromatic carbocycles. The zero-order chi connectivity index (χ0) is 22.1. The Morgan fingerprint density at radius 1 is 1.06 bits per heavy atom. The summed E-state index contributed by atoms with van der Waals surface area (Å²) in [4.78, 5) is 4.97. The summed E-state index contributed by atoms with van der Waals surface area (Å²) in [5.41, 5.74) is 2.73. The maximum absolute atomic E-state index is 11.8. The van der Waals surface area contributed by atoms with E-state index in [0.29, 0.717) is 23.9 Å². The average Bonchev–Trinajstić information content (AvgIpc) is 2.71. The summed E-state index contributed by atoms with van der Waals surface area (Å²) >= 11 is 0. The van der Waals surface area contributed by atoms with Gasteiger partial charge in [0.1, 0.15) is 11.5 Å². The summed E-state index contributed by atoms with van der Waals surface area (Å²) in [5.74, 6) is 2.31. The number of guanidine groups is 1. The van der Waals surface area contributed by atoms with Crippen molar-refractivity contribution < 1.29 is 17.9 Å². The first-order valence-corrected chi connectivity index (χ1v) is 11.7. The van der Waals surface area contributed by atoms with Gasteiger partial charge in [-0.2, -0.15) is 0 Å². The van der Waals surface area contributed by atoms with Crippen molar-refractivity contribution in [3.05, 3.63) is 53.1 Å². The Morgan fingerprint density at radius 2 is 1.81 bits per heavy atom. The van der Waals surface area contributed by atoms with Gasteiger partial charge in [0.05, 0.1) is 25.7 Å². The van der Waals surface area contributed by atoms with E-state index in [9.17, 15) is 8.42 Å². The molecule has 0 aliphatic carbocycles. The lowest BCUT2D eigenvalue weighted by Gasteiger charge is -2.14. The van der Waals surface area contributed by atoms with E-state index in [0.717, 1.165) is 41.2 Å². The molecule has 0 spiro atoms. The molecule has 0 atom stereocenters. The van der Waals surface area contributed by atoms with Crippen LogP contribution in [0.4, 0.5) is 0 Å². The number of benzene rings is 2. The highest BCUT2D eigenvalue weighted by atomic mass is 127. The van der Waals surface area contributed by atoms with Gasteiger partial charge in [0, 0.05) is 19.3 Å². The van der Waals surface area contributed by atoms with E-state index in [1.807, 2.05) is 31.2 Å². The third-order valence-corrected chi connectivity index (χ3v) is 5.83. The molecule has 2 N–H and O–H groups in total. The van der Waals surface area contributed by atoms with Gasteiger partial charge in [-0.1, -0.05) is 12.1 Å². The van der Waals surface area contributed by atoms with Gasteiger partial charge in [-0.15, -0.1) is 24.0 Å². The predicted octanol–water partition coefficient (Wildman–Crippen LogP) is 3.33. The van der Waals surface area contributed by atoms with Crippen molar-refractivity contribution in [1.29, 1.82) is 0 Å². The summed E-state index contributed by atoms with van der Waals surface area (Å²) in [6.45, 7) is 5.66. The molecule has 0 unspecified atom stereocenters. The molecule has 7 nitrogen and oxygen atoms in total. The van der Waals surface area contributed by atoms with Gasteiger partial charge in [0.25, 0.3) is 0 Å². The Morgan fingerprint density at radius 3 is 2.39 bits per heavy atom. The van der Waals surface area contributed by atoms with Crippen molar-refractivity contribution in [2.24, 2.45) is 4.99 Å². The molecule has 0 saturated heterocycles. The first-order valence-electron chi connectivity index (χ1n) is 9.81. The molecule has 2 rings (SSSR count). The van der Waals surface area contributed by atoms with Crippen molar-refractivity contribution in [1.82, 2.24) is 10.6 Å². The molecule has 0 aliphatic rings. The van der Waals surface area contributed by atoms with Crippen LogP contribution in [-0.2, 0) is 22.8 Å². The van der Waals surface area contributed by atoms with Gasteiger partial charge in [0.15, 0.2) is 15.8 Å². The largest absolute Gasteiger partial charge is 0.497 e. The van der Waals surface area contributed by atoms with Crippen molar-refractivity contribution >= 4 is 39.8 Å². The Kier molecular flexibility index (Phi) is 11.1. The number of sulfone groups is 1. The number of hydrogen-bond donors (Lipinski definition) is 2. The van der Waals surface area contributed by atoms with E-state index >= 15 is 0 Å². The normalized spacial score (nSPS) is 11.5. The molecule has 0 heterocycles. The van der Waals surface area contributed by atoms with Crippen LogP contribution in [0.25, 0.3) is 0 Å². The molecule has 0 aromatic heterocycles. The van der Waals surface area contributed by atoms with Gasteiger partial charge in [-0.3, -0.25) is 0 Å². The number of nitrogens with one attached hydrogen (secondary N) is 2. The minimum absolute atomic E-state index is 0. The number of aryl methyl sites for hydroxylation is 1. The number of nitrogens with zero attached hydrogens (tertiary/aromatic N) is 1. The van der Waals surface area contributed by atoms with E-state index in [2.05, 4.69) is 15.6 Å². The van der Waals surface area contributed by atoms with E-state index < -0.39 is 9.84 Å². The van der Waals surface area contributed by atoms with Crippen LogP contribution in [0.1, 0.15) is 23.6 Å². The van der Waals surface area contributed by atoms with Gasteiger partial charge >= 0.3 is 0 Å². The van der Waals surface area contributed by atoms with Crippen molar-refractivity contribution in [2.75, 3.05) is 33.6 Å². The molecule has 0 amide bonds. The van der Waals surface area contributed by atoms with Crippen LogP contribution in [0.5, 0.6) is 11.5 Å². The Hall–Kier alpha value is -2.01. The highest BCUT2D eigenvalue weighted by molar-refractivity contribution is 14.0. The van der Waals surface area contributed by atoms with Crippen molar-refractivity contribution in [2.45, 2.75) is 31.7 Å². The third-order valence-electron chi connectivity index (χ3n) is 4.58. The number of hydrogen-bond acceptors (Lipinski definition) is 5. The maximum atomic E-state index is 11.8. The number of halogens is 1. The van der Waals surface area contributed by atoms with Crippen molar-refractivity contribution in [3.8, 4) is 11.5 Å². The minimum Gasteiger partial charge on any atom is -0.497 e. The quantitative estimate of drug-likeness (QED) is 0.278. The molecule has 9 heteroatoms. The van der Waals surface area contributed by atoms with E-state index in [4.69, 9.17) is 9.47 Å². The second-order valence-electron chi connectivity index (χ2n) is 6.92. The summed E-state index contributed by atoms with van der Waals surface area (Å²) in [6.07, 6.45) is 1.96. The van der Waals surface area contributed by atoms with E-state index in [1.165, 1.54) is 6.26 Å². The van der Waals surface area contributed by atoms with Gasteiger partial charge in [-0.05, 0) is 61.2 Å². The lowest BCUT2D eigenvalue weighted by molar-refractivity contribution is 0.398. The van der Waals surface area contributed by atoms with Crippen LogP contribution >= 0.6 is 24.0 Å². The fraction of sp³-hybridized carbons (Fsp3) is 0.409. The molecule has 31 heavy (non-hydrogen) atoms. The van der Waals surface area contributed by atoms with Gasteiger partial charge < -0.3 is 20.1 Å². The summed E-state index contributed by atoms with van der Waals surface area (Å²) in [5, 5.41) is 6.55. The Labute approximate surface area is 202 Å². The van der Waals surface area contributed by atoms with Crippen molar-refractivity contribution in [3.63, 3.8) is 0 Å². The molecular formula is C22H32IN3O4S. The first-order chi connectivity index (χ1) is 14.3. The predicted molar refractivity (Wildman–Crippen MR) is 136 cm³/mol. The second kappa shape index (κ2) is 12.7. The van der Waals surface area contributed by atoms with Crippen LogP contribution in [-0.4, -0.2) is 47.9 Å². The first kappa shape index (κ1) is 27.0. The van der Waals surface area contributed by atoms with Gasteiger partial charge in [-0.25, -0.2) is 13.4 Å². The van der Waals surface area contributed by atoms with Crippen LogP contribution in [0.2, 0.25) is 0 Å². The van der Waals surface area contributed by atoms with Crippen LogP contribution in [0, 0.1) is 6.92 Å². The maximum Gasteiger partial charge on any atom is 0.191 e. The minimum atomic E-state index is -3.22. The lowest BCUT2D eigenvalue weighted by atomic mass is 10.1. The highest BCUT2D eigenvalue weighted by Crippen LogP contribution is 2.24. The Bertz CT molecular complexity index is 994. The van der Waals surface area contributed by atoms with Crippen LogP contribution in [0.15, 0.2) is 46.3 Å². The number of rotatable bonds is 9. The number of aliphatic imine (C=N–C) groups is 1. The zero-order valence-corrected chi connectivity index (χ0v) is 21.8. The second-order valence-corrected chi connectivity index (χ2v) is 8.91. The summed E-state index contributed by atoms with van der Waals surface area (Å²) < 4.78 is 34.3. The molecule has 0 saturated carbocycles. The number of ether oxygens (including phenoxy) is 2. The molecule has 0 radical (unpaired) electrons. The molecule has 0 fully saturated rings. The molecular weight excluding hydrogens is 529 g/mol. The molecule has 0 bridgehead atoms. The van der Waals surface area contributed by atoms with Crippen LogP contribution in [0.3, 0.4) is 0 Å². The third kappa shape index (κ3) is 8.21. The molecule has 2 aromatic rings. The zero-order valence-electron chi connectivity index (χ0n) is 18.7. The summed E-state index contributed by atoms with van der Waals surface area (Å²) in [6, 6.07) is 11.1. The standard InChI is InChI=1S/C22H31N3O4S.HI/c1-6-23-22(24-12-11-18-14-19(28-3)8-9-20(18)29-4)25-15-17-7-10-21(16(2)13-17)30(5,26)27;/h7-10,13-14H,6,11-12,15H2,1-5H3,(H2,23,24,25);1H. The monoisotopic (exact) mass is 561 g/mol. The van der Waals surface area contributed by atoms with E-state index in [1.54, 1.807) is 33.3 Å².